The minimum absolute atomic E-state index is 0.0376. The molecule has 3 aliphatic rings. The molecule has 1 aromatic heterocycles. The molecular formula is C19H27N5O4S. The van der Waals surface area contributed by atoms with Crippen molar-refractivity contribution in [2.24, 2.45) is 17.3 Å². The summed E-state index contributed by atoms with van der Waals surface area (Å²) < 4.78 is 0. The lowest BCUT2D eigenvalue weighted by molar-refractivity contribution is -0.144. The second-order valence-corrected chi connectivity index (χ2v) is 9.57. The predicted octanol–water partition coefficient (Wildman–Crippen LogP) is 1.95. The van der Waals surface area contributed by atoms with Gasteiger partial charge in [0.25, 0.3) is 0 Å². The number of anilines is 1. The third kappa shape index (κ3) is 4.58. The van der Waals surface area contributed by atoms with Crippen molar-refractivity contribution in [3.05, 3.63) is 5.51 Å². The molecule has 3 N–H and O–H groups in total. The van der Waals surface area contributed by atoms with Gasteiger partial charge in [0, 0.05) is 18.9 Å². The van der Waals surface area contributed by atoms with Crippen LogP contribution in [0, 0.1) is 17.3 Å². The lowest BCUT2D eigenvalue weighted by Gasteiger charge is -2.29. The van der Waals surface area contributed by atoms with Crippen LogP contribution in [0.3, 0.4) is 0 Å². The smallest absolute Gasteiger partial charge is 0.249 e. The lowest BCUT2D eigenvalue weighted by atomic mass is 9.89. The van der Waals surface area contributed by atoms with Crippen LogP contribution in [-0.2, 0) is 14.4 Å². The fourth-order valence-electron chi connectivity index (χ4n) is 4.90. The largest absolute Gasteiger partial charge is 0.330 e. The molecule has 0 unspecified atom stereocenters. The van der Waals surface area contributed by atoms with Gasteiger partial charge >= 0.3 is 0 Å². The van der Waals surface area contributed by atoms with Gasteiger partial charge in [-0.2, -0.15) is 0 Å². The summed E-state index contributed by atoms with van der Waals surface area (Å²) in [5.74, 6) is -1.05. The van der Waals surface area contributed by atoms with Crippen LogP contribution in [0.2, 0.25) is 0 Å². The third-order valence-electron chi connectivity index (χ3n) is 6.64. The first-order chi connectivity index (χ1) is 14.0. The van der Waals surface area contributed by atoms with Gasteiger partial charge < -0.3 is 4.90 Å². The molecule has 158 valence electrons. The molecule has 1 spiro atoms. The number of rotatable bonds is 7. The Morgan fingerprint density at radius 2 is 2.07 bits per heavy atom. The Hall–Kier alpha value is -2.07. The molecule has 0 aromatic carbocycles. The number of carbonyl (C=O) groups is 3. The van der Waals surface area contributed by atoms with Crippen LogP contribution in [0.1, 0.15) is 57.8 Å². The first kappa shape index (κ1) is 20.2. The molecule has 3 amide bonds. The molecule has 0 radical (unpaired) electrons. The molecule has 10 heteroatoms. The van der Waals surface area contributed by atoms with Gasteiger partial charge in [-0.3, -0.25) is 24.9 Å². The zero-order chi connectivity index (χ0) is 20.4. The fourth-order valence-corrected chi connectivity index (χ4v) is 5.35. The molecule has 1 aliphatic heterocycles. The molecule has 4 rings (SSSR count). The molecule has 2 heterocycles. The zero-order valence-corrected chi connectivity index (χ0v) is 17.1. The minimum atomic E-state index is -0.559. The van der Waals surface area contributed by atoms with E-state index < -0.39 is 17.9 Å². The van der Waals surface area contributed by atoms with E-state index in [2.05, 4.69) is 15.5 Å². The van der Waals surface area contributed by atoms with Crippen molar-refractivity contribution in [1.29, 1.82) is 0 Å². The van der Waals surface area contributed by atoms with Gasteiger partial charge in [0.15, 0.2) is 0 Å². The highest BCUT2D eigenvalue weighted by molar-refractivity contribution is 7.13. The highest BCUT2D eigenvalue weighted by atomic mass is 32.1. The maximum absolute atomic E-state index is 13.5. The number of nitrogens with one attached hydrogen (secondary N) is 2. The number of hydrogen-bond acceptors (Lipinski definition) is 7. The first-order valence-electron chi connectivity index (χ1n) is 10.3. The molecule has 9 nitrogen and oxygen atoms in total. The van der Waals surface area contributed by atoms with Crippen LogP contribution in [0.25, 0.3) is 0 Å². The summed E-state index contributed by atoms with van der Waals surface area (Å²) in [6, 6.07) is -0.558. The Morgan fingerprint density at radius 1 is 1.31 bits per heavy atom. The Balaban J connectivity index is 1.50. The molecule has 2 atom stereocenters. The van der Waals surface area contributed by atoms with E-state index in [0.717, 1.165) is 38.5 Å². The van der Waals surface area contributed by atoms with Crippen molar-refractivity contribution in [3.63, 3.8) is 0 Å². The number of carbonyl (C=O) groups excluding carboxylic acids is 3. The van der Waals surface area contributed by atoms with Crippen LogP contribution in [0.5, 0.6) is 0 Å². The van der Waals surface area contributed by atoms with E-state index in [9.17, 15) is 14.4 Å². The maximum Gasteiger partial charge on any atom is 0.249 e. The SMILES string of the molecule is O=C(C[C@@H](CC1CCCC1)C(=O)N1CC2(CC2)C[C@H]1C(=O)Nc1nncs1)NO. The number of nitrogens with zero attached hydrogens (tertiary/aromatic N) is 3. The fraction of sp³-hybridized carbons (Fsp3) is 0.737. The van der Waals surface area contributed by atoms with Crippen molar-refractivity contribution < 1.29 is 19.6 Å². The predicted molar refractivity (Wildman–Crippen MR) is 105 cm³/mol. The van der Waals surface area contributed by atoms with Gasteiger partial charge in [0.1, 0.15) is 11.6 Å². The van der Waals surface area contributed by atoms with Crippen molar-refractivity contribution in [2.45, 2.75) is 63.8 Å². The van der Waals surface area contributed by atoms with Crippen LogP contribution in [0.4, 0.5) is 5.13 Å². The van der Waals surface area contributed by atoms with Crippen molar-refractivity contribution in [2.75, 3.05) is 11.9 Å². The van der Waals surface area contributed by atoms with E-state index in [1.165, 1.54) is 11.3 Å². The highest BCUT2D eigenvalue weighted by Gasteiger charge is 2.55. The second kappa shape index (κ2) is 8.35. The summed E-state index contributed by atoms with van der Waals surface area (Å²) in [6.45, 7) is 0.557. The van der Waals surface area contributed by atoms with E-state index in [4.69, 9.17) is 5.21 Å². The highest BCUT2D eigenvalue weighted by Crippen LogP contribution is 2.55. The number of likely N-dealkylation sites (tertiary alicyclic amines) is 1. The van der Waals surface area contributed by atoms with E-state index in [0.29, 0.717) is 30.4 Å². The van der Waals surface area contributed by atoms with Crippen molar-refractivity contribution >= 4 is 34.2 Å². The molecule has 1 aromatic rings. The average Bonchev–Trinajstić information content (AvgIpc) is 3.13. The number of amides is 3. The summed E-state index contributed by atoms with van der Waals surface area (Å²) in [5.41, 5.74) is 3.24. The van der Waals surface area contributed by atoms with Gasteiger partial charge in [0.2, 0.25) is 22.9 Å². The van der Waals surface area contributed by atoms with E-state index in [1.54, 1.807) is 15.9 Å². The number of hydrogen-bond donors (Lipinski definition) is 3. The van der Waals surface area contributed by atoms with Gasteiger partial charge in [-0.25, -0.2) is 5.48 Å². The van der Waals surface area contributed by atoms with E-state index in [1.807, 2.05) is 0 Å². The summed E-state index contributed by atoms with van der Waals surface area (Å²) in [7, 11) is 0. The second-order valence-electron chi connectivity index (χ2n) is 8.74. The first-order valence-corrected chi connectivity index (χ1v) is 11.2. The van der Waals surface area contributed by atoms with E-state index >= 15 is 0 Å². The number of aromatic nitrogens is 2. The minimum Gasteiger partial charge on any atom is -0.330 e. The topological polar surface area (TPSA) is 125 Å². The zero-order valence-electron chi connectivity index (χ0n) is 16.3. The summed E-state index contributed by atoms with van der Waals surface area (Å²) >= 11 is 1.24. The number of hydroxylamine groups is 1. The molecule has 2 saturated carbocycles. The molecule has 3 fully saturated rings. The summed E-state index contributed by atoms with van der Waals surface area (Å²) in [5, 5.41) is 19.7. The third-order valence-corrected chi connectivity index (χ3v) is 7.25. The van der Waals surface area contributed by atoms with Crippen LogP contribution >= 0.6 is 11.3 Å². The quantitative estimate of drug-likeness (QED) is 0.457. The molecule has 1 saturated heterocycles. The average molecular weight is 422 g/mol. The van der Waals surface area contributed by atoms with Gasteiger partial charge in [-0.05, 0) is 37.0 Å². The summed E-state index contributed by atoms with van der Waals surface area (Å²) in [6.07, 6.45) is 7.68. The maximum atomic E-state index is 13.5. The monoisotopic (exact) mass is 421 g/mol. The standard InChI is InChI=1S/C19H27N5O4S/c25-15(23-28)8-13(7-12-3-1-2-4-12)17(27)24-10-19(5-6-19)9-14(24)16(26)21-18-22-20-11-29-18/h11-14,28H,1-10H2,(H,23,25)(H,21,22,26)/t13-,14+/m1/s1. The molecular weight excluding hydrogens is 394 g/mol. The van der Waals surface area contributed by atoms with Gasteiger partial charge in [0.05, 0.1) is 0 Å². The van der Waals surface area contributed by atoms with Crippen LogP contribution < -0.4 is 10.8 Å². The van der Waals surface area contributed by atoms with Gasteiger partial charge in [-0.1, -0.05) is 37.0 Å². The van der Waals surface area contributed by atoms with Crippen LogP contribution in [0.15, 0.2) is 5.51 Å². The Kier molecular flexibility index (Phi) is 5.82. The van der Waals surface area contributed by atoms with E-state index in [-0.39, 0.29) is 23.7 Å². The molecule has 0 bridgehead atoms. The normalized spacial score (nSPS) is 23.9. The summed E-state index contributed by atoms with van der Waals surface area (Å²) in [4.78, 5) is 39.9. The Bertz CT molecular complexity index is 761. The Labute approximate surface area is 173 Å². The molecule has 29 heavy (non-hydrogen) atoms. The van der Waals surface area contributed by atoms with Crippen LogP contribution in [-0.4, -0.2) is 50.6 Å². The van der Waals surface area contributed by atoms with Crippen molar-refractivity contribution in [3.8, 4) is 0 Å². The Morgan fingerprint density at radius 3 is 2.69 bits per heavy atom. The molecule has 2 aliphatic carbocycles. The van der Waals surface area contributed by atoms with Crippen molar-refractivity contribution in [1.82, 2.24) is 20.6 Å². The lowest BCUT2D eigenvalue weighted by Crippen LogP contribution is -2.46. The van der Waals surface area contributed by atoms with Gasteiger partial charge in [-0.15, -0.1) is 10.2 Å².